The minimum Gasteiger partial charge on any atom is -0.380 e. The molecule has 0 heterocycles. The largest absolute Gasteiger partial charge is 0.380 e. The summed E-state index contributed by atoms with van der Waals surface area (Å²) >= 11 is 0. The first kappa shape index (κ1) is 12.4. The SMILES string of the molecule is CCC1(O)c2cc(C)ccc2-c2cc(C)cc(C)c21. The fourth-order valence-corrected chi connectivity index (χ4v) is 3.47. The first-order valence-electron chi connectivity index (χ1n) is 6.93. The smallest absolute Gasteiger partial charge is 0.116 e. The van der Waals surface area contributed by atoms with Crippen molar-refractivity contribution in [1.29, 1.82) is 0 Å². The molecule has 2 aromatic carbocycles. The lowest BCUT2D eigenvalue weighted by molar-refractivity contribution is 0.0807. The molecule has 1 atom stereocenters. The van der Waals surface area contributed by atoms with E-state index in [0.29, 0.717) is 6.42 Å². The third kappa shape index (κ3) is 1.58. The molecule has 98 valence electrons. The van der Waals surface area contributed by atoms with Crippen molar-refractivity contribution in [2.24, 2.45) is 0 Å². The highest BCUT2D eigenvalue weighted by Gasteiger charge is 2.41. The maximum atomic E-state index is 11.2. The van der Waals surface area contributed by atoms with Crippen molar-refractivity contribution in [1.82, 2.24) is 0 Å². The van der Waals surface area contributed by atoms with Crippen LogP contribution >= 0.6 is 0 Å². The topological polar surface area (TPSA) is 20.2 Å². The van der Waals surface area contributed by atoms with Crippen LogP contribution < -0.4 is 0 Å². The summed E-state index contributed by atoms with van der Waals surface area (Å²) in [5.41, 5.74) is 7.38. The number of benzene rings is 2. The van der Waals surface area contributed by atoms with Crippen LogP contribution in [-0.2, 0) is 5.60 Å². The Morgan fingerprint density at radius 1 is 0.947 bits per heavy atom. The molecule has 0 aromatic heterocycles. The van der Waals surface area contributed by atoms with Gasteiger partial charge in [0.05, 0.1) is 0 Å². The van der Waals surface area contributed by atoms with Gasteiger partial charge in [-0.05, 0) is 55.0 Å². The molecule has 0 bridgehead atoms. The van der Waals surface area contributed by atoms with Gasteiger partial charge >= 0.3 is 0 Å². The highest BCUT2D eigenvalue weighted by Crippen LogP contribution is 2.50. The Morgan fingerprint density at radius 3 is 2.37 bits per heavy atom. The zero-order valence-electron chi connectivity index (χ0n) is 12.0. The second-order valence-electron chi connectivity index (χ2n) is 5.77. The molecule has 1 aliphatic carbocycles. The zero-order chi connectivity index (χ0) is 13.8. The van der Waals surface area contributed by atoms with Gasteiger partial charge in [-0.2, -0.15) is 0 Å². The fraction of sp³-hybridized carbons (Fsp3) is 0.333. The minimum atomic E-state index is -0.825. The Labute approximate surface area is 114 Å². The summed E-state index contributed by atoms with van der Waals surface area (Å²) in [6.07, 6.45) is 0.709. The normalized spacial score (nSPS) is 20.3. The molecule has 0 saturated heterocycles. The highest BCUT2D eigenvalue weighted by atomic mass is 16.3. The van der Waals surface area contributed by atoms with Crippen molar-refractivity contribution in [3.05, 3.63) is 58.1 Å². The van der Waals surface area contributed by atoms with Gasteiger partial charge in [-0.3, -0.25) is 0 Å². The third-order valence-corrected chi connectivity index (χ3v) is 4.32. The van der Waals surface area contributed by atoms with Crippen LogP contribution in [0.25, 0.3) is 11.1 Å². The molecule has 2 aromatic rings. The lowest BCUT2D eigenvalue weighted by atomic mass is 9.85. The summed E-state index contributed by atoms with van der Waals surface area (Å²) in [6.45, 7) is 8.35. The molecule has 0 fully saturated rings. The van der Waals surface area contributed by atoms with E-state index in [1.165, 1.54) is 27.8 Å². The number of aryl methyl sites for hydroxylation is 3. The van der Waals surface area contributed by atoms with E-state index in [4.69, 9.17) is 0 Å². The molecule has 0 spiro atoms. The van der Waals surface area contributed by atoms with Crippen LogP contribution in [0, 0.1) is 20.8 Å². The van der Waals surface area contributed by atoms with Crippen LogP contribution in [0.15, 0.2) is 30.3 Å². The Balaban J connectivity index is 2.42. The number of hydrogen-bond acceptors (Lipinski definition) is 1. The molecular weight excluding hydrogens is 232 g/mol. The van der Waals surface area contributed by atoms with Crippen LogP contribution in [-0.4, -0.2) is 5.11 Å². The summed E-state index contributed by atoms with van der Waals surface area (Å²) in [5.74, 6) is 0. The van der Waals surface area contributed by atoms with E-state index >= 15 is 0 Å². The Hall–Kier alpha value is -1.60. The van der Waals surface area contributed by atoms with Crippen molar-refractivity contribution < 1.29 is 5.11 Å². The summed E-state index contributed by atoms with van der Waals surface area (Å²) < 4.78 is 0. The molecule has 19 heavy (non-hydrogen) atoms. The van der Waals surface area contributed by atoms with Crippen LogP contribution in [0.3, 0.4) is 0 Å². The van der Waals surface area contributed by atoms with Gasteiger partial charge in [-0.1, -0.05) is 48.4 Å². The number of hydrogen-bond donors (Lipinski definition) is 1. The standard InChI is InChI=1S/C18H20O/c1-5-18(19)16-10-11(2)6-7-14(16)15-9-12(3)8-13(4)17(15)18/h6-10,19H,5H2,1-4H3. The highest BCUT2D eigenvalue weighted by molar-refractivity contribution is 5.82. The molecule has 3 rings (SSSR count). The molecule has 0 amide bonds. The molecule has 1 heteroatoms. The Bertz CT molecular complexity index is 670. The molecule has 0 aliphatic heterocycles. The van der Waals surface area contributed by atoms with E-state index in [-0.39, 0.29) is 0 Å². The predicted molar refractivity (Wildman–Crippen MR) is 79.4 cm³/mol. The predicted octanol–water partition coefficient (Wildman–Crippen LogP) is 4.24. The molecular formula is C18H20O. The van der Waals surface area contributed by atoms with Crippen LogP contribution in [0.2, 0.25) is 0 Å². The summed E-state index contributed by atoms with van der Waals surface area (Å²) in [4.78, 5) is 0. The van der Waals surface area contributed by atoms with Crippen molar-refractivity contribution in [3.63, 3.8) is 0 Å². The van der Waals surface area contributed by atoms with Gasteiger partial charge in [-0.25, -0.2) is 0 Å². The molecule has 1 N–H and O–H groups in total. The summed E-state index contributed by atoms with van der Waals surface area (Å²) in [7, 11) is 0. The quantitative estimate of drug-likeness (QED) is 0.805. The number of fused-ring (bicyclic) bond motifs is 3. The van der Waals surface area contributed by atoms with E-state index in [1.54, 1.807) is 0 Å². The lowest BCUT2D eigenvalue weighted by Crippen LogP contribution is -2.24. The van der Waals surface area contributed by atoms with Gasteiger partial charge < -0.3 is 5.11 Å². The molecule has 0 saturated carbocycles. The van der Waals surface area contributed by atoms with E-state index in [1.807, 2.05) is 0 Å². The molecule has 1 nitrogen and oxygen atoms in total. The van der Waals surface area contributed by atoms with E-state index < -0.39 is 5.60 Å². The van der Waals surface area contributed by atoms with Crippen LogP contribution in [0.5, 0.6) is 0 Å². The van der Waals surface area contributed by atoms with Crippen molar-refractivity contribution in [2.45, 2.75) is 39.7 Å². The molecule has 0 radical (unpaired) electrons. The summed E-state index contributed by atoms with van der Waals surface area (Å²) in [6, 6.07) is 10.8. The van der Waals surface area contributed by atoms with Crippen molar-refractivity contribution in [2.75, 3.05) is 0 Å². The zero-order valence-corrected chi connectivity index (χ0v) is 12.0. The van der Waals surface area contributed by atoms with E-state index in [9.17, 15) is 5.11 Å². The van der Waals surface area contributed by atoms with Gasteiger partial charge in [0.25, 0.3) is 0 Å². The maximum Gasteiger partial charge on any atom is 0.116 e. The lowest BCUT2D eigenvalue weighted by Gasteiger charge is -2.26. The molecule has 1 aliphatic rings. The van der Waals surface area contributed by atoms with Crippen molar-refractivity contribution >= 4 is 0 Å². The number of aliphatic hydroxyl groups is 1. The van der Waals surface area contributed by atoms with Gasteiger partial charge in [0.2, 0.25) is 0 Å². The van der Waals surface area contributed by atoms with E-state index in [2.05, 4.69) is 58.0 Å². The average Bonchev–Trinajstić information content (AvgIpc) is 2.60. The second-order valence-corrected chi connectivity index (χ2v) is 5.77. The first-order valence-corrected chi connectivity index (χ1v) is 6.93. The van der Waals surface area contributed by atoms with Crippen molar-refractivity contribution in [3.8, 4) is 11.1 Å². The van der Waals surface area contributed by atoms with Crippen LogP contribution in [0.4, 0.5) is 0 Å². The number of rotatable bonds is 1. The maximum absolute atomic E-state index is 11.2. The average molecular weight is 252 g/mol. The Kier molecular flexibility index (Phi) is 2.58. The first-order chi connectivity index (χ1) is 8.97. The minimum absolute atomic E-state index is 0.709. The van der Waals surface area contributed by atoms with Gasteiger partial charge in [-0.15, -0.1) is 0 Å². The van der Waals surface area contributed by atoms with E-state index in [0.717, 1.165) is 11.1 Å². The fourth-order valence-electron chi connectivity index (χ4n) is 3.47. The summed E-state index contributed by atoms with van der Waals surface area (Å²) in [5, 5.41) is 11.2. The third-order valence-electron chi connectivity index (χ3n) is 4.32. The Morgan fingerprint density at radius 2 is 1.68 bits per heavy atom. The van der Waals surface area contributed by atoms with Gasteiger partial charge in [0.1, 0.15) is 5.60 Å². The monoisotopic (exact) mass is 252 g/mol. The second kappa shape index (κ2) is 3.94. The van der Waals surface area contributed by atoms with Gasteiger partial charge in [0.15, 0.2) is 0 Å². The molecule has 1 unspecified atom stereocenters. The van der Waals surface area contributed by atoms with Gasteiger partial charge in [0, 0.05) is 0 Å². The van der Waals surface area contributed by atoms with Crippen LogP contribution in [0.1, 0.15) is 41.2 Å².